The van der Waals surface area contributed by atoms with Gasteiger partial charge >= 0.3 is 0 Å². The van der Waals surface area contributed by atoms with Crippen molar-refractivity contribution in [2.45, 2.75) is 13.5 Å². The van der Waals surface area contributed by atoms with Crippen molar-refractivity contribution in [3.05, 3.63) is 28.8 Å². The molecule has 0 atom stereocenters. The molecule has 2 aromatic heterocycles. The number of rotatable bonds is 3. The van der Waals surface area contributed by atoms with E-state index in [0.717, 1.165) is 10.6 Å². The number of hydrogen-bond donors (Lipinski definition) is 1. The van der Waals surface area contributed by atoms with Crippen LogP contribution >= 0.6 is 11.3 Å². The predicted octanol–water partition coefficient (Wildman–Crippen LogP) is 2.24. The highest BCUT2D eigenvalue weighted by Crippen LogP contribution is 2.26. The van der Waals surface area contributed by atoms with Crippen LogP contribution in [0.4, 0.5) is 5.82 Å². The summed E-state index contributed by atoms with van der Waals surface area (Å²) in [7, 11) is 1.63. The molecule has 0 aliphatic rings. The third-order valence-corrected chi connectivity index (χ3v) is 3.17. The first kappa shape index (κ1) is 11.0. The van der Waals surface area contributed by atoms with E-state index in [2.05, 4.69) is 9.97 Å². The molecule has 0 fully saturated rings. The molecule has 0 saturated heterocycles. The fourth-order valence-electron chi connectivity index (χ4n) is 1.44. The molecule has 0 saturated carbocycles. The highest BCUT2D eigenvalue weighted by molar-refractivity contribution is 7.13. The summed E-state index contributed by atoms with van der Waals surface area (Å²) in [6, 6.07) is 3.78. The van der Waals surface area contributed by atoms with Gasteiger partial charge in [-0.3, -0.25) is 0 Å². The molecule has 84 valence electrons. The summed E-state index contributed by atoms with van der Waals surface area (Å²) in [4.78, 5) is 9.72. The monoisotopic (exact) mass is 235 g/mol. The second-order valence-electron chi connectivity index (χ2n) is 3.47. The third-order valence-electron chi connectivity index (χ3n) is 2.16. The maximum Gasteiger partial charge on any atom is 0.172 e. The van der Waals surface area contributed by atoms with E-state index >= 15 is 0 Å². The van der Waals surface area contributed by atoms with Gasteiger partial charge in [-0.15, -0.1) is 11.3 Å². The Morgan fingerprint density at radius 3 is 2.88 bits per heavy atom. The van der Waals surface area contributed by atoms with E-state index in [-0.39, 0.29) is 0 Å². The molecule has 0 radical (unpaired) electrons. The van der Waals surface area contributed by atoms with Crippen LogP contribution in [0.25, 0.3) is 10.7 Å². The topological polar surface area (TPSA) is 61.0 Å². The zero-order valence-electron chi connectivity index (χ0n) is 9.23. The summed E-state index contributed by atoms with van der Waals surface area (Å²) in [5.74, 6) is 1.16. The number of nitrogen functional groups attached to an aromatic ring is 1. The summed E-state index contributed by atoms with van der Waals surface area (Å²) in [5, 5.41) is 2.02. The number of thiophene rings is 1. The Morgan fingerprint density at radius 1 is 1.44 bits per heavy atom. The number of anilines is 1. The Hall–Kier alpha value is -1.46. The van der Waals surface area contributed by atoms with Gasteiger partial charge in [0.15, 0.2) is 5.82 Å². The Bertz CT molecular complexity index is 496. The molecule has 0 aromatic carbocycles. The fraction of sp³-hybridized carbons (Fsp3) is 0.273. The second kappa shape index (κ2) is 4.59. The summed E-state index contributed by atoms with van der Waals surface area (Å²) < 4.78 is 5.04. The molecule has 0 bridgehead atoms. The minimum absolute atomic E-state index is 0.449. The molecule has 0 amide bonds. The third kappa shape index (κ3) is 2.20. The molecular weight excluding hydrogens is 222 g/mol. The zero-order chi connectivity index (χ0) is 11.5. The Kier molecular flexibility index (Phi) is 3.17. The predicted molar refractivity (Wildman–Crippen MR) is 65.2 cm³/mol. The van der Waals surface area contributed by atoms with Gasteiger partial charge in [0.1, 0.15) is 5.82 Å². The second-order valence-corrected chi connectivity index (χ2v) is 4.39. The lowest BCUT2D eigenvalue weighted by Gasteiger charge is -2.04. The molecule has 2 N–H and O–H groups in total. The maximum atomic E-state index is 5.74. The van der Waals surface area contributed by atoms with Crippen molar-refractivity contribution in [3.63, 3.8) is 0 Å². The molecule has 2 aromatic rings. The van der Waals surface area contributed by atoms with Crippen LogP contribution in [0.1, 0.15) is 11.3 Å². The average Bonchev–Trinajstić information content (AvgIpc) is 2.64. The van der Waals surface area contributed by atoms with Crippen molar-refractivity contribution in [1.29, 1.82) is 0 Å². The smallest absolute Gasteiger partial charge is 0.172 e. The van der Waals surface area contributed by atoms with Gasteiger partial charge in [0.25, 0.3) is 0 Å². The largest absolute Gasteiger partial charge is 0.384 e. The van der Waals surface area contributed by atoms with E-state index in [1.165, 1.54) is 5.56 Å². The van der Waals surface area contributed by atoms with E-state index in [1.54, 1.807) is 24.5 Å². The van der Waals surface area contributed by atoms with Gasteiger partial charge in [0, 0.05) is 13.2 Å². The molecule has 16 heavy (non-hydrogen) atoms. The van der Waals surface area contributed by atoms with Crippen molar-refractivity contribution in [3.8, 4) is 10.7 Å². The average molecular weight is 235 g/mol. The number of aromatic nitrogens is 2. The lowest BCUT2D eigenvalue weighted by atomic mass is 10.2. The summed E-state index contributed by atoms with van der Waals surface area (Å²) in [6.45, 7) is 2.48. The Labute approximate surface area is 98.1 Å². The number of aryl methyl sites for hydroxylation is 1. The molecule has 4 nitrogen and oxygen atoms in total. The number of ether oxygens (including phenoxy) is 1. The van der Waals surface area contributed by atoms with Crippen LogP contribution in [-0.2, 0) is 11.3 Å². The van der Waals surface area contributed by atoms with E-state index in [9.17, 15) is 0 Å². The highest BCUT2D eigenvalue weighted by atomic mass is 32.1. The molecule has 2 rings (SSSR count). The molecule has 0 unspecified atom stereocenters. The van der Waals surface area contributed by atoms with Crippen LogP contribution in [0.3, 0.4) is 0 Å². The lowest BCUT2D eigenvalue weighted by molar-refractivity contribution is 0.181. The molecule has 0 spiro atoms. The van der Waals surface area contributed by atoms with Crippen LogP contribution in [0, 0.1) is 6.92 Å². The minimum Gasteiger partial charge on any atom is -0.384 e. The Morgan fingerprint density at radius 2 is 2.25 bits per heavy atom. The normalized spacial score (nSPS) is 10.6. The molecule has 0 aliphatic carbocycles. The summed E-state index contributed by atoms with van der Waals surface area (Å²) in [6.07, 6.45) is 0. The molecule has 5 heteroatoms. The van der Waals surface area contributed by atoms with Crippen LogP contribution in [0.5, 0.6) is 0 Å². The van der Waals surface area contributed by atoms with E-state index < -0.39 is 0 Å². The van der Waals surface area contributed by atoms with Crippen LogP contribution < -0.4 is 5.73 Å². The van der Waals surface area contributed by atoms with Gasteiger partial charge in [-0.1, -0.05) is 0 Å². The summed E-state index contributed by atoms with van der Waals surface area (Å²) >= 11 is 1.62. The standard InChI is InChI=1S/C11H13N3OS/c1-7-3-4-16-10(7)11-13-8(6-15-2)5-9(12)14-11/h3-5H,6H2,1-2H3,(H2,12,13,14). The van der Waals surface area contributed by atoms with Crippen molar-refractivity contribution in [1.82, 2.24) is 9.97 Å². The Balaban J connectivity index is 2.45. The van der Waals surface area contributed by atoms with Crippen molar-refractivity contribution in [2.24, 2.45) is 0 Å². The first-order valence-electron chi connectivity index (χ1n) is 4.87. The van der Waals surface area contributed by atoms with E-state index in [1.807, 2.05) is 18.4 Å². The van der Waals surface area contributed by atoms with Crippen LogP contribution in [0.2, 0.25) is 0 Å². The highest BCUT2D eigenvalue weighted by Gasteiger charge is 2.09. The first-order valence-corrected chi connectivity index (χ1v) is 5.75. The van der Waals surface area contributed by atoms with Crippen molar-refractivity contribution >= 4 is 17.2 Å². The van der Waals surface area contributed by atoms with Gasteiger partial charge in [0.2, 0.25) is 0 Å². The van der Waals surface area contributed by atoms with Gasteiger partial charge in [-0.2, -0.15) is 0 Å². The molecule has 0 aliphatic heterocycles. The lowest BCUT2D eigenvalue weighted by Crippen LogP contribution is -2.01. The van der Waals surface area contributed by atoms with Crippen LogP contribution in [0.15, 0.2) is 17.5 Å². The van der Waals surface area contributed by atoms with E-state index in [4.69, 9.17) is 10.5 Å². The zero-order valence-corrected chi connectivity index (χ0v) is 10.0. The molecule has 2 heterocycles. The van der Waals surface area contributed by atoms with Gasteiger partial charge in [-0.25, -0.2) is 9.97 Å². The summed E-state index contributed by atoms with van der Waals surface area (Å²) in [5.41, 5.74) is 7.71. The number of methoxy groups -OCH3 is 1. The van der Waals surface area contributed by atoms with Gasteiger partial charge in [-0.05, 0) is 23.9 Å². The quantitative estimate of drug-likeness (QED) is 0.886. The van der Waals surface area contributed by atoms with Crippen molar-refractivity contribution in [2.75, 3.05) is 12.8 Å². The fourth-order valence-corrected chi connectivity index (χ4v) is 2.30. The first-order chi connectivity index (χ1) is 7.70. The molecular formula is C11H13N3OS. The van der Waals surface area contributed by atoms with E-state index in [0.29, 0.717) is 18.2 Å². The minimum atomic E-state index is 0.449. The van der Waals surface area contributed by atoms with Crippen molar-refractivity contribution < 1.29 is 4.74 Å². The SMILES string of the molecule is COCc1cc(N)nc(-c2sccc2C)n1. The van der Waals surface area contributed by atoms with Gasteiger partial charge < -0.3 is 10.5 Å². The number of hydrogen-bond acceptors (Lipinski definition) is 5. The number of nitrogens with two attached hydrogens (primary N) is 1. The number of nitrogens with zero attached hydrogens (tertiary/aromatic N) is 2. The van der Waals surface area contributed by atoms with Gasteiger partial charge in [0.05, 0.1) is 17.2 Å². The van der Waals surface area contributed by atoms with Crippen LogP contribution in [-0.4, -0.2) is 17.1 Å². The maximum absolute atomic E-state index is 5.74.